The average Bonchev–Trinajstić information content (AvgIpc) is 2.53. The van der Waals surface area contributed by atoms with E-state index in [1.54, 1.807) is 6.92 Å². The van der Waals surface area contributed by atoms with Gasteiger partial charge >= 0.3 is 5.97 Å². The molecule has 0 radical (unpaired) electrons. The fourth-order valence-corrected chi connectivity index (χ4v) is 2.18. The van der Waals surface area contributed by atoms with Gasteiger partial charge in [0.15, 0.2) is 0 Å². The highest BCUT2D eigenvalue weighted by molar-refractivity contribution is 5.81. The van der Waals surface area contributed by atoms with Gasteiger partial charge in [-0.2, -0.15) is 0 Å². The molecule has 0 spiro atoms. The Hall–Kier alpha value is -1.10. The predicted octanol–water partition coefficient (Wildman–Crippen LogP) is 1.17. The first-order valence-corrected chi connectivity index (χ1v) is 6.12. The second-order valence-corrected chi connectivity index (χ2v) is 4.58. The quantitative estimate of drug-likeness (QED) is 0.727. The van der Waals surface area contributed by atoms with Crippen LogP contribution in [-0.2, 0) is 14.3 Å². The molecule has 1 saturated carbocycles. The van der Waals surface area contributed by atoms with E-state index in [1.165, 1.54) is 7.11 Å². The first-order valence-electron chi connectivity index (χ1n) is 6.12. The van der Waals surface area contributed by atoms with Crippen LogP contribution in [0.15, 0.2) is 0 Å². The van der Waals surface area contributed by atoms with Crippen LogP contribution in [-0.4, -0.2) is 36.2 Å². The lowest BCUT2D eigenvalue weighted by atomic mass is 9.94. The Labute approximate surface area is 102 Å². The van der Waals surface area contributed by atoms with E-state index < -0.39 is 18.0 Å². The normalized spacial score (nSPS) is 26.9. The highest BCUT2D eigenvalue weighted by atomic mass is 16.5. The van der Waals surface area contributed by atoms with Crippen LogP contribution in [0.2, 0.25) is 0 Å². The van der Waals surface area contributed by atoms with Gasteiger partial charge in [0.1, 0.15) is 6.10 Å². The molecular weight excluding hydrogens is 222 g/mol. The predicted molar refractivity (Wildman–Crippen MR) is 62.6 cm³/mol. The molecule has 1 fully saturated rings. The Morgan fingerprint density at radius 1 is 1.29 bits per heavy atom. The third kappa shape index (κ3) is 4.00. The van der Waals surface area contributed by atoms with Gasteiger partial charge in [-0.15, -0.1) is 0 Å². The van der Waals surface area contributed by atoms with E-state index in [0.717, 1.165) is 25.7 Å². The van der Waals surface area contributed by atoms with Crippen LogP contribution < -0.4 is 5.32 Å². The second kappa shape index (κ2) is 6.59. The molecule has 0 aromatic heterocycles. The Bertz CT molecular complexity index is 280. The number of nitrogens with one attached hydrogen (secondary N) is 1. The smallest absolute Gasteiger partial charge is 0.308 e. The number of carboxylic acids is 1. The van der Waals surface area contributed by atoms with Crippen LogP contribution in [0.4, 0.5) is 0 Å². The van der Waals surface area contributed by atoms with Gasteiger partial charge in [-0.1, -0.05) is 19.3 Å². The summed E-state index contributed by atoms with van der Waals surface area (Å²) in [7, 11) is 1.46. The molecule has 1 rings (SSSR count). The summed E-state index contributed by atoms with van der Waals surface area (Å²) in [6, 6.07) is -0.264. The molecule has 98 valence electrons. The van der Waals surface area contributed by atoms with E-state index in [0.29, 0.717) is 6.42 Å². The van der Waals surface area contributed by atoms with Gasteiger partial charge in [0.25, 0.3) is 0 Å². The number of methoxy groups -OCH3 is 1. The number of rotatable bonds is 4. The van der Waals surface area contributed by atoms with Crippen molar-refractivity contribution in [2.24, 2.45) is 5.92 Å². The minimum atomic E-state index is -0.817. The molecule has 0 saturated heterocycles. The number of amides is 1. The highest BCUT2D eigenvalue weighted by Gasteiger charge is 2.31. The molecule has 2 N–H and O–H groups in total. The van der Waals surface area contributed by atoms with E-state index in [9.17, 15) is 9.59 Å². The van der Waals surface area contributed by atoms with Crippen molar-refractivity contribution in [3.8, 4) is 0 Å². The summed E-state index contributed by atoms with van der Waals surface area (Å²) in [4.78, 5) is 22.8. The van der Waals surface area contributed by atoms with Crippen LogP contribution in [0.5, 0.6) is 0 Å². The minimum Gasteiger partial charge on any atom is -0.481 e. The van der Waals surface area contributed by atoms with Crippen molar-refractivity contribution < 1.29 is 19.4 Å². The van der Waals surface area contributed by atoms with Gasteiger partial charge in [0.05, 0.1) is 5.92 Å². The molecule has 1 amide bonds. The van der Waals surface area contributed by atoms with Gasteiger partial charge in [-0.25, -0.2) is 0 Å². The van der Waals surface area contributed by atoms with Crippen molar-refractivity contribution in [1.29, 1.82) is 0 Å². The van der Waals surface area contributed by atoms with E-state index >= 15 is 0 Å². The number of hydrogen-bond acceptors (Lipinski definition) is 3. The molecule has 0 bridgehead atoms. The number of carbonyl (C=O) groups is 2. The summed E-state index contributed by atoms with van der Waals surface area (Å²) < 4.78 is 4.92. The SMILES string of the molecule is COC(C)C(=O)N[C@H]1CCCCC[C@H]1C(=O)O. The molecule has 0 aromatic rings. The highest BCUT2D eigenvalue weighted by Crippen LogP contribution is 2.23. The Morgan fingerprint density at radius 2 is 1.94 bits per heavy atom. The molecule has 5 nitrogen and oxygen atoms in total. The second-order valence-electron chi connectivity index (χ2n) is 4.58. The molecule has 1 unspecified atom stereocenters. The first-order chi connectivity index (χ1) is 8.06. The van der Waals surface area contributed by atoms with Crippen LogP contribution in [0.1, 0.15) is 39.0 Å². The third-order valence-electron chi connectivity index (χ3n) is 3.38. The number of aliphatic carboxylic acids is 1. The summed E-state index contributed by atoms with van der Waals surface area (Å²) in [5, 5.41) is 12.0. The third-order valence-corrected chi connectivity index (χ3v) is 3.38. The molecule has 0 aliphatic heterocycles. The summed E-state index contributed by atoms with van der Waals surface area (Å²) in [6.07, 6.45) is 3.77. The molecule has 0 aromatic carbocycles. The standard InChI is InChI=1S/C12H21NO4/c1-8(17-2)11(14)13-10-7-5-3-4-6-9(10)12(15)16/h8-10H,3-7H2,1-2H3,(H,13,14)(H,15,16)/t8?,9-,10+/m1/s1. The Balaban J connectivity index is 2.63. The summed E-state index contributed by atoms with van der Waals surface area (Å²) in [5.74, 6) is -1.52. The van der Waals surface area contributed by atoms with Gasteiger partial charge in [-0.05, 0) is 19.8 Å². The van der Waals surface area contributed by atoms with Crippen molar-refractivity contribution in [2.45, 2.75) is 51.2 Å². The van der Waals surface area contributed by atoms with E-state index in [1.807, 2.05) is 0 Å². The van der Waals surface area contributed by atoms with E-state index in [4.69, 9.17) is 9.84 Å². The summed E-state index contributed by atoms with van der Waals surface area (Å²) in [6.45, 7) is 1.65. The zero-order valence-electron chi connectivity index (χ0n) is 10.4. The number of carboxylic acid groups (broad SMARTS) is 1. The Morgan fingerprint density at radius 3 is 2.53 bits per heavy atom. The van der Waals surface area contributed by atoms with Crippen LogP contribution in [0, 0.1) is 5.92 Å². The molecule has 1 aliphatic rings. The zero-order valence-corrected chi connectivity index (χ0v) is 10.4. The molecule has 1 aliphatic carbocycles. The summed E-state index contributed by atoms with van der Waals surface area (Å²) in [5.41, 5.74) is 0. The monoisotopic (exact) mass is 243 g/mol. The maximum absolute atomic E-state index is 11.7. The number of hydrogen-bond donors (Lipinski definition) is 2. The van der Waals surface area contributed by atoms with E-state index in [-0.39, 0.29) is 11.9 Å². The molecule has 0 heterocycles. The summed E-state index contributed by atoms with van der Waals surface area (Å²) >= 11 is 0. The van der Waals surface area contributed by atoms with Crippen LogP contribution in [0.3, 0.4) is 0 Å². The van der Waals surface area contributed by atoms with Gasteiger partial charge in [-0.3, -0.25) is 9.59 Å². The average molecular weight is 243 g/mol. The lowest BCUT2D eigenvalue weighted by Crippen LogP contribution is -2.46. The van der Waals surface area contributed by atoms with Gasteiger partial charge in [0, 0.05) is 13.2 Å². The van der Waals surface area contributed by atoms with Gasteiger partial charge in [0.2, 0.25) is 5.91 Å². The van der Waals surface area contributed by atoms with E-state index in [2.05, 4.69) is 5.32 Å². The largest absolute Gasteiger partial charge is 0.481 e. The van der Waals surface area contributed by atoms with Crippen molar-refractivity contribution >= 4 is 11.9 Å². The Kier molecular flexibility index (Phi) is 5.41. The van der Waals surface area contributed by atoms with Crippen LogP contribution in [0.25, 0.3) is 0 Å². The van der Waals surface area contributed by atoms with Gasteiger partial charge < -0.3 is 15.2 Å². The van der Waals surface area contributed by atoms with Crippen molar-refractivity contribution in [3.05, 3.63) is 0 Å². The maximum atomic E-state index is 11.7. The minimum absolute atomic E-state index is 0.231. The fraction of sp³-hybridized carbons (Fsp3) is 0.833. The zero-order chi connectivity index (χ0) is 12.8. The molecular formula is C12H21NO4. The fourth-order valence-electron chi connectivity index (χ4n) is 2.18. The maximum Gasteiger partial charge on any atom is 0.308 e. The number of ether oxygens (including phenoxy) is 1. The lowest BCUT2D eigenvalue weighted by Gasteiger charge is -2.24. The van der Waals surface area contributed by atoms with Crippen molar-refractivity contribution in [3.63, 3.8) is 0 Å². The lowest BCUT2D eigenvalue weighted by molar-refractivity contribution is -0.143. The topological polar surface area (TPSA) is 75.6 Å². The van der Waals surface area contributed by atoms with Crippen molar-refractivity contribution in [1.82, 2.24) is 5.32 Å². The first kappa shape index (κ1) is 14.0. The number of carbonyl (C=O) groups excluding carboxylic acids is 1. The molecule has 3 atom stereocenters. The van der Waals surface area contributed by atoms with Crippen molar-refractivity contribution in [2.75, 3.05) is 7.11 Å². The van der Waals surface area contributed by atoms with Crippen LogP contribution >= 0.6 is 0 Å². The molecule has 5 heteroatoms. The molecule has 17 heavy (non-hydrogen) atoms.